The lowest BCUT2D eigenvalue weighted by Gasteiger charge is -1.98. The maximum atomic E-state index is 10.9. The van der Waals surface area contributed by atoms with E-state index in [0.717, 1.165) is 0 Å². The third kappa shape index (κ3) is 2.26. The lowest BCUT2D eigenvalue weighted by Crippen LogP contribution is -2.03. The van der Waals surface area contributed by atoms with Gasteiger partial charge in [-0.15, -0.1) is 0 Å². The summed E-state index contributed by atoms with van der Waals surface area (Å²) in [5, 5.41) is 8.62. The molecule has 0 aliphatic rings. The number of rotatable bonds is 2. The van der Waals surface area contributed by atoms with E-state index in [4.69, 9.17) is 16.7 Å². The second-order valence-electron chi connectivity index (χ2n) is 2.43. The zero-order valence-electron chi connectivity index (χ0n) is 6.74. The normalized spacial score (nSPS) is 9.69. The van der Waals surface area contributed by atoms with E-state index in [2.05, 4.69) is 4.98 Å². The van der Waals surface area contributed by atoms with Crippen LogP contribution in [0, 0.1) is 0 Å². The van der Waals surface area contributed by atoms with Crippen molar-refractivity contribution in [2.75, 3.05) is 0 Å². The number of hydrogen-bond donors (Lipinski definition) is 1. The number of carboxylic acid groups (broad SMARTS) is 1. The predicted molar refractivity (Wildman–Crippen MR) is 46.2 cm³/mol. The number of aromatic nitrogens is 1. The average molecular weight is 200 g/mol. The highest BCUT2D eigenvalue weighted by Gasteiger charge is 2.09. The molecule has 0 bridgehead atoms. The zero-order chi connectivity index (χ0) is 10.0. The fourth-order valence-electron chi connectivity index (χ4n) is 0.801. The zero-order valence-corrected chi connectivity index (χ0v) is 7.50. The second kappa shape index (κ2) is 3.53. The Bertz CT molecular complexity index is 343. The van der Waals surface area contributed by atoms with E-state index in [1.165, 1.54) is 19.1 Å². The van der Waals surface area contributed by atoms with Crippen molar-refractivity contribution in [3.63, 3.8) is 0 Å². The van der Waals surface area contributed by atoms with E-state index in [0.29, 0.717) is 0 Å². The van der Waals surface area contributed by atoms with Gasteiger partial charge in [-0.2, -0.15) is 0 Å². The van der Waals surface area contributed by atoms with E-state index in [-0.39, 0.29) is 22.2 Å². The minimum absolute atomic E-state index is 0.00472. The predicted octanol–water partition coefficient (Wildman–Crippen LogP) is 1.64. The number of carbonyl (C=O) groups excluding carboxylic acids is 1. The molecular weight excluding hydrogens is 194 g/mol. The third-order valence-corrected chi connectivity index (χ3v) is 1.60. The molecule has 0 radical (unpaired) electrons. The Morgan fingerprint density at radius 3 is 2.54 bits per heavy atom. The maximum Gasteiger partial charge on any atom is 0.335 e. The molecule has 0 saturated heterocycles. The van der Waals surface area contributed by atoms with E-state index >= 15 is 0 Å². The smallest absolute Gasteiger partial charge is 0.335 e. The second-order valence-corrected chi connectivity index (χ2v) is 2.81. The molecule has 0 unspecified atom stereocenters. The van der Waals surface area contributed by atoms with Gasteiger partial charge in [0.05, 0.1) is 5.56 Å². The van der Waals surface area contributed by atoms with Gasteiger partial charge in [-0.05, 0) is 12.1 Å². The maximum absolute atomic E-state index is 10.9. The van der Waals surface area contributed by atoms with Crippen LogP contribution in [0.15, 0.2) is 12.1 Å². The van der Waals surface area contributed by atoms with Crippen molar-refractivity contribution in [1.82, 2.24) is 4.98 Å². The molecule has 0 amide bonds. The van der Waals surface area contributed by atoms with Crippen molar-refractivity contribution in [2.45, 2.75) is 6.92 Å². The Morgan fingerprint density at radius 2 is 2.08 bits per heavy atom. The summed E-state index contributed by atoms with van der Waals surface area (Å²) in [7, 11) is 0. The van der Waals surface area contributed by atoms with E-state index in [9.17, 15) is 9.59 Å². The van der Waals surface area contributed by atoms with Crippen LogP contribution in [-0.4, -0.2) is 21.8 Å². The van der Waals surface area contributed by atoms with Gasteiger partial charge in [-0.1, -0.05) is 11.6 Å². The van der Waals surface area contributed by atoms with Gasteiger partial charge in [0.15, 0.2) is 5.78 Å². The van der Waals surface area contributed by atoms with Crippen molar-refractivity contribution < 1.29 is 14.7 Å². The van der Waals surface area contributed by atoms with Gasteiger partial charge in [0, 0.05) is 6.92 Å². The van der Waals surface area contributed by atoms with Crippen LogP contribution in [-0.2, 0) is 0 Å². The number of nitrogens with zero attached hydrogens (tertiary/aromatic N) is 1. The Balaban J connectivity index is 3.26. The highest BCUT2D eigenvalue weighted by atomic mass is 35.5. The van der Waals surface area contributed by atoms with Gasteiger partial charge in [0.2, 0.25) is 0 Å². The summed E-state index contributed by atoms with van der Waals surface area (Å²) < 4.78 is 0. The summed E-state index contributed by atoms with van der Waals surface area (Å²) in [6, 6.07) is 2.38. The standard InChI is InChI=1S/C8H6ClNO3/c1-4(11)6-2-5(8(12)13)3-7(9)10-6/h2-3H,1H3,(H,12,13). The van der Waals surface area contributed by atoms with Crippen molar-refractivity contribution in [3.8, 4) is 0 Å². The summed E-state index contributed by atoms with van der Waals surface area (Å²) >= 11 is 5.51. The van der Waals surface area contributed by atoms with Crippen LogP contribution >= 0.6 is 11.6 Å². The number of ketones is 1. The minimum Gasteiger partial charge on any atom is -0.478 e. The first-order valence-electron chi connectivity index (χ1n) is 3.42. The molecule has 68 valence electrons. The number of halogens is 1. The van der Waals surface area contributed by atoms with Crippen LogP contribution in [0.3, 0.4) is 0 Å². The van der Waals surface area contributed by atoms with E-state index < -0.39 is 5.97 Å². The van der Waals surface area contributed by atoms with Gasteiger partial charge in [0.25, 0.3) is 0 Å². The fourth-order valence-corrected chi connectivity index (χ4v) is 1.01. The van der Waals surface area contributed by atoms with Gasteiger partial charge in [-0.3, -0.25) is 4.79 Å². The Kier molecular flexibility index (Phi) is 2.63. The summed E-state index contributed by atoms with van der Waals surface area (Å²) in [6.45, 7) is 1.30. The third-order valence-electron chi connectivity index (χ3n) is 1.40. The van der Waals surface area contributed by atoms with Gasteiger partial charge in [-0.25, -0.2) is 9.78 Å². The quantitative estimate of drug-likeness (QED) is 0.581. The Hall–Kier alpha value is -1.42. The first-order chi connectivity index (χ1) is 6.00. The lowest BCUT2D eigenvalue weighted by molar-refractivity contribution is 0.0696. The number of aromatic carboxylic acids is 1. The first-order valence-corrected chi connectivity index (χ1v) is 3.80. The SMILES string of the molecule is CC(=O)c1cc(C(=O)O)cc(Cl)n1. The van der Waals surface area contributed by atoms with Crippen molar-refractivity contribution >= 4 is 23.4 Å². The topological polar surface area (TPSA) is 67.3 Å². The molecule has 0 spiro atoms. The molecule has 0 aliphatic carbocycles. The van der Waals surface area contributed by atoms with Gasteiger partial charge in [0.1, 0.15) is 10.8 Å². The molecule has 0 saturated carbocycles. The molecule has 13 heavy (non-hydrogen) atoms. The molecule has 0 atom stereocenters. The molecule has 1 N–H and O–H groups in total. The molecule has 1 aromatic heterocycles. The average Bonchev–Trinajstić information content (AvgIpc) is 2.03. The van der Waals surface area contributed by atoms with Crippen LogP contribution in [0.2, 0.25) is 5.15 Å². The Morgan fingerprint density at radius 1 is 1.46 bits per heavy atom. The van der Waals surface area contributed by atoms with Crippen LogP contribution in [0.5, 0.6) is 0 Å². The number of carbonyl (C=O) groups is 2. The van der Waals surface area contributed by atoms with Crippen molar-refractivity contribution in [1.29, 1.82) is 0 Å². The number of carboxylic acids is 1. The molecule has 5 heteroatoms. The molecule has 1 aromatic rings. The number of Topliss-reactive ketones (excluding diaryl/α,β-unsaturated/α-hetero) is 1. The minimum atomic E-state index is -1.13. The largest absolute Gasteiger partial charge is 0.478 e. The molecular formula is C8H6ClNO3. The van der Waals surface area contributed by atoms with Crippen molar-refractivity contribution in [2.24, 2.45) is 0 Å². The molecule has 0 aliphatic heterocycles. The summed E-state index contributed by atoms with van der Waals surface area (Å²) in [5.74, 6) is -1.45. The number of hydrogen-bond acceptors (Lipinski definition) is 3. The van der Waals surface area contributed by atoms with Gasteiger partial charge >= 0.3 is 5.97 Å². The fraction of sp³-hybridized carbons (Fsp3) is 0.125. The number of pyridine rings is 1. The Labute approximate surface area is 79.2 Å². The first kappa shape index (κ1) is 9.67. The van der Waals surface area contributed by atoms with E-state index in [1.54, 1.807) is 0 Å². The van der Waals surface area contributed by atoms with Crippen LogP contribution in [0.1, 0.15) is 27.8 Å². The lowest BCUT2D eigenvalue weighted by atomic mass is 10.2. The molecule has 0 aromatic carbocycles. The van der Waals surface area contributed by atoms with Crippen LogP contribution in [0.4, 0.5) is 0 Å². The highest BCUT2D eigenvalue weighted by molar-refractivity contribution is 6.29. The summed E-state index contributed by atoms with van der Waals surface area (Å²) in [6.07, 6.45) is 0. The monoisotopic (exact) mass is 199 g/mol. The van der Waals surface area contributed by atoms with E-state index in [1.807, 2.05) is 0 Å². The van der Waals surface area contributed by atoms with Gasteiger partial charge < -0.3 is 5.11 Å². The van der Waals surface area contributed by atoms with Crippen LogP contribution < -0.4 is 0 Å². The summed E-state index contributed by atoms with van der Waals surface area (Å²) in [5.41, 5.74) is 0.0232. The summed E-state index contributed by atoms with van der Waals surface area (Å²) in [4.78, 5) is 25.1. The molecule has 1 rings (SSSR count). The van der Waals surface area contributed by atoms with Crippen molar-refractivity contribution in [3.05, 3.63) is 28.5 Å². The highest BCUT2D eigenvalue weighted by Crippen LogP contribution is 2.11. The molecule has 1 heterocycles. The molecule has 4 nitrogen and oxygen atoms in total. The van der Waals surface area contributed by atoms with Crippen LogP contribution in [0.25, 0.3) is 0 Å². The molecule has 0 fully saturated rings.